The summed E-state index contributed by atoms with van der Waals surface area (Å²) < 4.78 is 0. The molecular weight excluding hydrogens is 234 g/mol. The van der Waals surface area contributed by atoms with Gasteiger partial charge in [0.25, 0.3) is 0 Å². The third kappa shape index (κ3) is 4.59. The van der Waals surface area contributed by atoms with E-state index in [-0.39, 0.29) is 0 Å². The Kier molecular flexibility index (Phi) is 5.34. The average molecular weight is 261 g/mol. The van der Waals surface area contributed by atoms with Crippen LogP contribution in [-0.4, -0.2) is 35.1 Å². The van der Waals surface area contributed by atoms with Crippen molar-refractivity contribution in [1.82, 2.24) is 15.2 Å². The molecule has 1 aliphatic heterocycles. The molecule has 0 spiro atoms. The molecule has 2 unspecified atom stereocenters. The number of aryl methyl sites for hydroxylation is 1. The second-order valence-electron chi connectivity index (χ2n) is 5.83. The highest BCUT2D eigenvalue weighted by Crippen LogP contribution is 2.12. The molecule has 0 radical (unpaired) electrons. The Labute approximate surface area is 117 Å². The van der Waals surface area contributed by atoms with Crippen LogP contribution in [0.15, 0.2) is 18.3 Å². The van der Waals surface area contributed by atoms with Gasteiger partial charge in [0.15, 0.2) is 0 Å². The van der Waals surface area contributed by atoms with Crippen molar-refractivity contribution in [3.63, 3.8) is 0 Å². The van der Waals surface area contributed by atoms with Gasteiger partial charge in [0.2, 0.25) is 0 Å². The molecule has 0 aliphatic carbocycles. The van der Waals surface area contributed by atoms with Crippen molar-refractivity contribution in [2.24, 2.45) is 0 Å². The van der Waals surface area contributed by atoms with Gasteiger partial charge in [0, 0.05) is 30.5 Å². The quantitative estimate of drug-likeness (QED) is 0.907. The SMILES string of the molecule is CCC1CCN(Cc2ccc(C)nc2)CCC(C)N1. The van der Waals surface area contributed by atoms with Crippen molar-refractivity contribution in [2.45, 2.75) is 58.7 Å². The Bertz CT molecular complexity index is 374. The van der Waals surface area contributed by atoms with Crippen LogP contribution in [0, 0.1) is 6.92 Å². The molecule has 1 saturated heterocycles. The maximum atomic E-state index is 4.39. The maximum absolute atomic E-state index is 4.39. The highest BCUT2D eigenvalue weighted by Gasteiger charge is 2.17. The first-order valence-corrected chi connectivity index (χ1v) is 7.57. The van der Waals surface area contributed by atoms with Crippen molar-refractivity contribution >= 4 is 0 Å². The molecule has 1 fully saturated rings. The molecule has 0 saturated carbocycles. The van der Waals surface area contributed by atoms with Crippen LogP contribution in [-0.2, 0) is 6.54 Å². The molecule has 0 aromatic carbocycles. The Morgan fingerprint density at radius 1 is 1.32 bits per heavy atom. The normalized spacial score (nSPS) is 25.8. The number of rotatable bonds is 3. The summed E-state index contributed by atoms with van der Waals surface area (Å²) >= 11 is 0. The van der Waals surface area contributed by atoms with Crippen molar-refractivity contribution in [3.8, 4) is 0 Å². The van der Waals surface area contributed by atoms with Gasteiger partial charge in [-0.3, -0.25) is 9.88 Å². The highest BCUT2D eigenvalue weighted by molar-refractivity contribution is 5.13. The van der Waals surface area contributed by atoms with Gasteiger partial charge in [-0.2, -0.15) is 0 Å². The van der Waals surface area contributed by atoms with Crippen LogP contribution in [0.2, 0.25) is 0 Å². The summed E-state index contributed by atoms with van der Waals surface area (Å²) in [5, 5.41) is 3.72. The Morgan fingerprint density at radius 3 is 2.79 bits per heavy atom. The first-order chi connectivity index (χ1) is 9.17. The first-order valence-electron chi connectivity index (χ1n) is 7.57. The minimum Gasteiger partial charge on any atom is -0.311 e. The van der Waals surface area contributed by atoms with Crippen LogP contribution in [0.25, 0.3) is 0 Å². The number of nitrogens with one attached hydrogen (secondary N) is 1. The molecule has 1 N–H and O–H groups in total. The van der Waals surface area contributed by atoms with E-state index in [1.807, 2.05) is 13.1 Å². The lowest BCUT2D eigenvalue weighted by atomic mass is 10.1. The summed E-state index contributed by atoms with van der Waals surface area (Å²) in [6.45, 7) is 10.0. The van der Waals surface area contributed by atoms with E-state index in [9.17, 15) is 0 Å². The predicted octanol–water partition coefficient (Wildman–Crippen LogP) is 2.74. The van der Waals surface area contributed by atoms with Crippen molar-refractivity contribution < 1.29 is 0 Å². The molecule has 2 atom stereocenters. The average Bonchev–Trinajstić information content (AvgIpc) is 2.40. The number of nitrogens with zero attached hydrogens (tertiary/aromatic N) is 2. The molecule has 1 aromatic rings. The second-order valence-corrected chi connectivity index (χ2v) is 5.83. The summed E-state index contributed by atoms with van der Waals surface area (Å²) in [6, 6.07) is 5.62. The van der Waals surface area contributed by atoms with Crippen LogP contribution in [0.3, 0.4) is 0 Å². The van der Waals surface area contributed by atoms with E-state index in [2.05, 4.69) is 41.2 Å². The van der Waals surface area contributed by atoms with Gasteiger partial charge in [-0.05, 0) is 57.8 Å². The van der Waals surface area contributed by atoms with Gasteiger partial charge in [0.1, 0.15) is 0 Å². The number of aromatic nitrogens is 1. The van der Waals surface area contributed by atoms with E-state index in [4.69, 9.17) is 0 Å². The van der Waals surface area contributed by atoms with Gasteiger partial charge in [-0.1, -0.05) is 13.0 Å². The van der Waals surface area contributed by atoms with Gasteiger partial charge < -0.3 is 5.32 Å². The van der Waals surface area contributed by atoms with E-state index in [1.54, 1.807) is 0 Å². The van der Waals surface area contributed by atoms with Crippen molar-refractivity contribution in [1.29, 1.82) is 0 Å². The second kappa shape index (κ2) is 7.01. The van der Waals surface area contributed by atoms with Crippen LogP contribution < -0.4 is 5.32 Å². The summed E-state index contributed by atoms with van der Waals surface area (Å²) in [6.07, 6.45) is 5.73. The molecule has 0 bridgehead atoms. The van der Waals surface area contributed by atoms with Gasteiger partial charge >= 0.3 is 0 Å². The fraction of sp³-hybridized carbons (Fsp3) is 0.688. The van der Waals surface area contributed by atoms with E-state index < -0.39 is 0 Å². The standard InChI is InChI=1S/C16H27N3/c1-4-16-8-10-19(9-7-14(3)18-16)12-15-6-5-13(2)17-11-15/h5-6,11,14,16,18H,4,7-10,12H2,1-3H3. The lowest BCUT2D eigenvalue weighted by Gasteiger charge is -2.32. The smallest absolute Gasteiger partial charge is 0.0372 e. The van der Waals surface area contributed by atoms with Crippen molar-refractivity contribution in [3.05, 3.63) is 29.6 Å². The van der Waals surface area contributed by atoms with Gasteiger partial charge in [-0.15, -0.1) is 0 Å². The molecule has 1 aromatic heterocycles. The summed E-state index contributed by atoms with van der Waals surface area (Å²) in [5.74, 6) is 0. The monoisotopic (exact) mass is 261 g/mol. The molecule has 0 amide bonds. The zero-order chi connectivity index (χ0) is 13.7. The van der Waals surface area contributed by atoms with E-state index in [1.165, 1.54) is 37.9 Å². The predicted molar refractivity (Wildman–Crippen MR) is 80.2 cm³/mol. The third-order valence-electron chi connectivity index (χ3n) is 4.06. The zero-order valence-electron chi connectivity index (χ0n) is 12.5. The maximum Gasteiger partial charge on any atom is 0.0372 e. The van der Waals surface area contributed by atoms with E-state index >= 15 is 0 Å². The lowest BCUT2D eigenvalue weighted by molar-refractivity contribution is 0.206. The minimum absolute atomic E-state index is 0.629. The molecule has 3 heteroatoms. The summed E-state index contributed by atoms with van der Waals surface area (Å²) in [7, 11) is 0. The molecule has 1 aliphatic rings. The Morgan fingerprint density at radius 2 is 2.11 bits per heavy atom. The minimum atomic E-state index is 0.629. The van der Waals surface area contributed by atoms with Crippen LogP contribution in [0.5, 0.6) is 0 Å². The Balaban J connectivity index is 1.93. The third-order valence-corrected chi connectivity index (χ3v) is 4.06. The molecule has 2 heterocycles. The molecular formula is C16H27N3. The van der Waals surface area contributed by atoms with Crippen LogP contribution in [0.1, 0.15) is 44.4 Å². The van der Waals surface area contributed by atoms with E-state index in [0.29, 0.717) is 12.1 Å². The number of pyridine rings is 1. The fourth-order valence-corrected chi connectivity index (χ4v) is 2.73. The van der Waals surface area contributed by atoms with Crippen LogP contribution in [0.4, 0.5) is 0 Å². The van der Waals surface area contributed by atoms with Gasteiger partial charge in [-0.25, -0.2) is 0 Å². The zero-order valence-corrected chi connectivity index (χ0v) is 12.5. The van der Waals surface area contributed by atoms with E-state index in [0.717, 1.165) is 12.2 Å². The number of hydrogen-bond acceptors (Lipinski definition) is 3. The van der Waals surface area contributed by atoms with Gasteiger partial charge in [0.05, 0.1) is 0 Å². The summed E-state index contributed by atoms with van der Waals surface area (Å²) in [4.78, 5) is 6.97. The first kappa shape index (κ1) is 14.5. The molecule has 106 valence electrons. The Hall–Kier alpha value is -0.930. The summed E-state index contributed by atoms with van der Waals surface area (Å²) in [5.41, 5.74) is 2.43. The van der Waals surface area contributed by atoms with Crippen LogP contribution >= 0.6 is 0 Å². The highest BCUT2D eigenvalue weighted by atomic mass is 15.1. The topological polar surface area (TPSA) is 28.2 Å². The molecule has 3 nitrogen and oxygen atoms in total. The van der Waals surface area contributed by atoms with Crippen molar-refractivity contribution in [2.75, 3.05) is 13.1 Å². The number of hydrogen-bond donors (Lipinski definition) is 1. The largest absolute Gasteiger partial charge is 0.311 e. The molecule has 19 heavy (non-hydrogen) atoms. The molecule has 2 rings (SSSR count). The fourth-order valence-electron chi connectivity index (χ4n) is 2.73. The lowest BCUT2D eigenvalue weighted by Crippen LogP contribution is -2.43.